The first-order chi connectivity index (χ1) is 9.65. The van der Waals surface area contributed by atoms with E-state index in [0.29, 0.717) is 5.56 Å². The number of carbonyl (C=O) groups is 2. The van der Waals surface area contributed by atoms with Crippen LogP contribution in [0.5, 0.6) is 0 Å². The van der Waals surface area contributed by atoms with E-state index in [1.54, 1.807) is 6.92 Å². The van der Waals surface area contributed by atoms with Gasteiger partial charge in [-0.05, 0) is 24.6 Å². The summed E-state index contributed by atoms with van der Waals surface area (Å²) in [6, 6.07) is 2.15. The van der Waals surface area contributed by atoms with Gasteiger partial charge >= 0.3 is 6.18 Å². The lowest BCUT2D eigenvalue weighted by Crippen LogP contribution is -2.44. The van der Waals surface area contributed by atoms with Gasteiger partial charge in [0.25, 0.3) is 0 Å². The lowest BCUT2D eigenvalue weighted by molar-refractivity contribution is -0.137. The Labute approximate surface area is 125 Å². The minimum atomic E-state index is -4.49. The molecule has 1 aromatic carbocycles. The molecule has 8 heteroatoms. The monoisotopic (exact) mass is 320 g/mol. The van der Waals surface area contributed by atoms with Gasteiger partial charge in [-0.2, -0.15) is 25.8 Å². The first-order valence-electron chi connectivity index (χ1n) is 6.02. The zero-order valence-electron chi connectivity index (χ0n) is 11.4. The van der Waals surface area contributed by atoms with Gasteiger partial charge in [0.2, 0.25) is 11.8 Å². The second kappa shape index (κ2) is 6.84. The van der Waals surface area contributed by atoms with Gasteiger partial charge in [-0.15, -0.1) is 0 Å². The molecule has 0 heterocycles. The van der Waals surface area contributed by atoms with Crippen LogP contribution in [0.25, 0.3) is 0 Å². The van der Waals surface area contributed by atoms with E-state index in [1.165, 1.54) is 13.0 Å². The molecule has 0 aliphatic carbocycles. The summed E-state index contributed by atoms with van der Waals surface area (Å²) in [7, 11) is 0. The van der Waals surface area contributed by atoms with Crippen molar-refractivity contribution in [2.24, 2.45) is 0 Å². The number of amides is 2. The Hall–Kier alpha value is -1.70. The fraction of sp³-hybridized carbons (Fsp3) is 0.385. The standard InChI is InChI=1S/C13H15F3N2O2S/c1-7-3-4-9(13(14,15)16)5-10(7)18-12(20)11(6-21)17-8(2)19/h3-5,11,21H,6H2,1-2H3,(H,17,19)(H,18,20). The molecule has 0 fully saturated rings. The van der Waals surface area contributed by atoms with Crippen LogP contribution in [-0.2, 0) is 15.8 Å². The number of halogens is 3. The maximum atomic E-state index is 12.7. The Morgan fingerprint density at radius 2 is 1.95 bits per heavy atom. The third-order valence-electron chi connectivity index (χ3n) is 2.70. The Bertz CT molecular complexity index is 547. The van der Waals surface area contributed by atoms with Crippen LogP contribution < -0.4 is 10.6 Å². The van der Waals surface area contributed by atoms with Crippen LogP contribution in [-0.4, -0.2) is 23.6 Å². The molecular formula is C13H15F3N2O2S. The van der Waals surface area contributed by atoms with Gasteiger partial charge in [0.05, 0.1) is 5.56 Å². The number of hydrogen-bond acceptors (Lipinski definition) is 3. The molecule has 0 saturated heterocycles. The van der Waals surface area contributed by atoms with Gasteiger partial charge in [-0.3, -0.25) is 9.59 Å². The minimum absolute atomic E-state index is 0.0312. The average molecular weight is 320 g/mol. The maximum absolute atomic E-state index is 12.7. The first-order valence-corrected chi connectivity index (χ1v) is 6.65. The number of anilines is 1. The topological polar surface area (TPSA) is 58.2 Å². The van der Waals surface area contributed by atoms with Crippen molar-refractivity contribution in [2.45, 2.75) is 26.1 Å². The highest BCUT2D eigenvalue weighted by atomic mass is 32.1. The van der Waals surface area contributed by atoms with Crippen molar-refractivity contribution in [1.29, 1.82) is 0 Å². The Kier molecular flexibility index (Phi) is 5.65. The molecule has 1 aromatic rings. The van der Waals surface area contributed by atoms with Crippen LogP contribution in [0.2, 0.25) is 0 Å². The van der Waals surface area contributed by atoms with E-state index in [4.69, 9.17) is 0 Å². The van der Waals surface area contributed by atoms with Gasteiger partial charge < -0.3 is 10.6 Å². The van der Waals surface area contributed by atoms with E-state index >= 15 is 0 Å². The molecule has 0 bridgehead atoms. The highest BCUT2D eigenvalue weighted by molar-refractivity contribution is 7.80. The van der Waals surface area contributed by atoms with Crippen LogP contribution in [0.3, 0.4) is 0 Å². The quantitative estimate of drug-likeness (QED) is 0.746. The smallest absolute Gasteiger partial charge is 0.344 e. The number of hydrogen-bond donors (Lipinski definition) is 3. The van der Waals surface area contributed by atoms with Gasteiger partial charge in [-0.1, -0.05) is 6.07 Å². The van der Waals surface area contributed by atoms with Crippen molar-refractivity contribution in [3.63, 3.8) is 0 Å². The molecule has 1 rings (SSSR count). The molecule has 0 radical (unpaired) electrons. The Balaban J connectivity index is 2.96. The molecule has 0 aromatic heterocycles. The number of carbonyl (C=O) groups excluding carboxylic acids is 2. The Morgan fingerprint density at radius 1 is 1.33 bits per heavy atom. The molecule has 0 aliphatic heterocycles. The number of rotatable bonds is 4. The fourth-order valence-corrected chi connectivity index (χ4v) is 1.85. The summed E-state index contributed by atoms with van der Waals surface area (Å²) < 4.78 is 38.0. The van der Waals surface area contributed by atoms with Crippen molar-refractivity contribution in [3.8, 4) is 0 Å². The molecule has 4 nitrogen and oxygen atoms in total. The van der Waals surface area contributed by atoms with Crippen LogP contribution >= 0.6 is 12.6 Å². The molecule has 0 spiro atoms. The fourth-order valence-electron chi connectivity index (χ4n) is 1.59. The van der Waals surface area contributed by atoms with Crippen LogP contribution in [0.1, 0.15) is 18.1 Å². The minimum Gasteiger partial charge on any atom is -0.344 e. The molecule has 2 N–H and O–H groups in total. The zero-order valence-corrected chi connectivity index (χ0v) is 12.3. The normalized spacial score (nSPS) is 12.7. The van der Waals surface area contributed by atoms with Crippen LogP contribution in [0, 0.1) is 6.92 Å². The molecular weight excluding hydrogens is 305 g/mol. The van der Waals surface area contributed by atoms with E-state index in [0.717, 1.165) is 12.1 Å². The summed E-state index contributed by atoms with van der Waals surface area (Å²) in [6.45, 7) is 2.81. The first kappa shape index (κ1) is 17.4. The SMILES string of the molecule is CC(=O)NC(CS)C(=O)Nc1cc(C(F)(F)F)ccc1C. The number of nitrogens with one attached hydrogen (secondary N) is 2. The Morgan fingerprint density at radius 3 is 2.43 bits per heavy atom. The molecule has 0 aliphatic rings. The molecule has 0 saturated carbocycles. The van der Waals surface area contributed by atoms with Crippen molar-refractivity contribution >= 4 is 30.1 Å². The van der Waals surface area contributed by atoms with Crippen molar-refractivity contribution in [1.82, 2.24) is 5.32 Å². The van der Waals surface area contributed by atoms with E-state index in [2.05, 4.69) is 23.3 Å². The number of thiol groups is 1. The van der Waals surface area contributed by atoms with E-state index in [1.807, 2.05) is 0 Å². The van der Waals surface area contributed by atoms with Gasteiger partial charge in [-0.25, -0.2) is 0 Å². The molecule has 2 amide bonds. The molecule has 21 heavy (non-hydrogen) atoms. The van der Waals surface area contributed by atoms with Crippen molar-refractivity contribution in [2.75, 3.05) is 11.1 Å². The van der Waals surface area contributed by atoms with Crippen LogP contribution in [0.4, 0.5) is 18.9 Å². The third-order valence-corrected chi connectivity index (χ3v) is 3.06. The van der Waals surface area contributed by atoms with Gasteiger partial charge in [0.1, 0.15) is 6.04 Å². The van der Waals surface area contributed by atoms with Gasteiger partial charge in [0.15, 0.2) is 0 Å². The zero-order chi connectivity index (χ0) is 16.2. The number of alkyl halides is 3. The summed E-state index contributed by atoms with van der Waals surface area (Å²) in [5.41, 5.74) is -0.325. The molecule has 1 unspecified atom stereocenters. The highest BCUT2D eigenvalue weighted by Gasteiger charge is 2.31. The second-order valence-electron chi connectivity index (χ2n) is 4.45. The lowest BCUT2D eigenvalue weighted by atomic mass is 10.1. The second-order valence-corrected chi connectivity index (χ2v) is 4.82. The highest BCUT2D eigenvalue weighted by Crippen LogP contribution is 2.32. The van der Waals surface area contributed by atoms with Crippen LogP contribution in [0.15, 0.2) is 18.2 Å². The van der Waals surface area contributed by atoms with E-state index in [-0.39, 0.29) is 11.4 Å². The number of benzene rings is 1. The summed E-state index contributed by atoms with van der Waals surface area (Å²) in [6.07, 6.45) is -4.49. The lowest BCUT2D eigenvalue weighted by Gasteiger charge is -2.17. The predicted octanol–water partition coefficient (Wildman–Crippen LogP) is 2.39. The largest absolute Gasteiger partial charge is 0.416 e. The summed E-state index contributed by atoms with van der Waals surface area (Å²) in [5.74, 6) is -1.02. The van der Waals surface area contributed by atoms with Crippen molar-refractivity contribution in [3.05, 3.63) is 29.3 Å². The summed E-state index contributed by atoms with van der Waals surface area (Å²) >= 11 is 3.93. The summed E-state index contributed by atoms with van der Waals surface area (Å²) in [5, 5.41) is 4.74. The maximum Gasteiger partial charge on any atom is 0.416 e. The van der Waals surface area contributed by atoms with E-state index < -0.39 is 29.6 Å². The predicted molar refractivity (Wildman–Crippen MR) is 76.3 cm³/mol. The average Bonchev–Trinajstić information content (AvgIpc) is 2.36. The molecule has 116 valence electrons. The number of aryl methyl sites for hydroxylation is 1. The summed E-state index contributed by atoms with van der Waals surface area (Å²) in [4.78, 5) is 22.9. The third kappa shape index (κ3) is 4.96. The van der Waals surface area contributed by atoms with E-state index in [9.17, 15) is 22.8 Å². The van der Waals surface area contributed by atoms with Crippen molar-refractivity contribution < 1.29 is 22.8 Å². The molecule has 1 atom stereocenters. The van der Waals surface area contributed by atoms with Gasteiger partial charge in [0, 0.05) is 18.4 Å².